The molecule has 2 heterocycles. The van der Waals surface area contributed by atoms with Crippen LogP contribution in [0, 0.1) is 5.92 Å². The number of aliphatic hydroxyl groups excluding tert-OH is 3. The second kappa shape index (κ2) is 29.5. The molecule has 22 nitrogen and oxygen atoms in total. The Morgan fingerprint density at radius 1 is 0.634 bits per heavy atom. The molecule has 24 heteroatoms. The van der Waals surface area contributed by atoms with Crippen LogP contribution in [0.4, 0.5) is 0 Å². The van der Waals surface area contributed by atoms with E-state index in [4.69, 9.17) is 5.73 Å². The van der Waals surface area contributed by atoms with Crippen molar-refractivity contribution in [1.29, 1.82) is 0 Å². The van der Waals surface area contributed by atoms with Gasteiger partial charge in [0.1, 0.15) is 48.3 Å². The molecule has 3 rings (SSSR count). The zero-order valence-corrected chi connectivity index (χ0v) is 43.3. The van der Waals surface area contributed by atoms with Gasteiger partial charge in [0, 0.05) is 19.5 Å². The normalized spacial score (nSPS) is 20.3. The Bertz CT molecular complexity index is 1980. The molecule has 1 aromatic rings. The van der Waals surface area contributed by atoms with Crippen molar-refractivity contribution in [2.75, 3.05) is 37.1 Å². The molecule has 398 valence electrons. The minimum Gasteiger partial charge on any atom is -0.480 e. The second-order valence-electron chi connectivity index (χ2n) is 18.3. The van der Waals surface area contributed by atoms with Crippen molar-refractivity contribution in [2.24, 2.45) is 11.7 Å². The third-order valence-electron chi connectivity index (χ3n) is 12.7. The molecule has 12 N–H and O–H groups in total. The highest BCUT2D eigenvalue weighted by Gasteiger charge is 2.46. The monoisotopic (exact) mass is 1040 g/mol. The molecular weight excluding hydrogens is 963 g/mol. The molecule has 0 saturated carbocycles. The number of carbonyl (C=O) groups is 9. The average molecular weight is 1040 g/mol. The third-order valence-corrected chi connectivity index (χ3v) is 14.0. The van der Waals surface area contributed by atoms with Gasteiger partial charge < -0.3 is 67.9 Å². The van der Waals surface area contributed by atoms with E-state index in [1.807, 2.05) is 6.26 Å². The molecule has 0 aliphatic carbocycles. The lowest BCUT2D eigenvalue weighted by molar-refractivity contribution is -0.149. The molecule has 0 radical (unpaired) electrons. The van der Waals surface area contributed by atoms with Gasteiger partial charge in [-0.25, -0.2) is 4.79 Å². The number of likely N-dealkylation sites (tertiary alicyclic amines) is 2. The van der Waals surface area contributed by atoms with Crippen LogP contribution in [0.5, 0.6) is 0 Å². The maximum atomic E-state index is 14.3. The van der Waals surface area contributed by atoms with Crippen LogP contribution in [0.25, 0.3) is 0 Å². The predicted molar refractivity (Wildman–Crippen MR) is 267 cm³/mol. The van der Waals surface area contributed by atoms with Gasteiger partial charge in [0.2, 0.25) is 47.3 Å². The highest BCUT2D eigenvalue weighted by molar-refractivity contribution is 7.98. The molecule has 0 aromatic heterocycles. The minimum absolute atomic E-state index is 0.0650. The summed E-state index contributed by atoms with van der Waals surface area (Å²) in [6.45, 7) is 7.48. The van der Waals surface area contributed by atoms with E-state index >= 15 is 0 Å². The molecule has 71 heavy (non-hydrogen) atoms. The summed E-state index contributed by atoms with van der Waals surface area (Å²) in [5, 5.41) is 57.0. The van der Waals surface area contributed by atoms with Gasteiger partial charge in [0.15, 0.2) is 0 Å². The number of carbonyl (C=O) groups excluding carboxylic acids is 8. The van der Waals surface area contributed by atoms with Crippen LogP contribution in [0.3, 0.4) is 0 Å². The Kier molecular flexibility index (Phi) is 25.0. The van der Waals surface area contributed by atoms with Crippen LogP contribution < -0.4 is 37.6 Å². The van der Waals surface area contributed by atoms with E-state index in [0.717, 1.165) is 0 Å². The number of aliphatic carboxylic acids is 1. The van der Waals surface area contributed by atoms with Gasteiger partial charge in [0.05, 0.1) is 24.4 Å². The quantitative estimate of drug-likeness (QED) is 0.0442. The molecule has 1 aromatic carbocycles. The molecule has 13 atom stereocenters. The number of aliphatic hydroxyl groups is 3. The lowest BCUT2D eigenvalue weighted by atomic mass is 9.96. The maximum Gasteiger partial charge on any atom is 0.326 e. The number of hydrogen-bond acceptors (Lipinski definition) is 15. The van der Waals surface area contributed by atoms with E-state index in [0.29, 0.717) is 42.8 Å². The van der Waals surface area contributed by atoms with E-state index in [1.54, 1.807) is 50.4 Å². The molecule has 2 aliphatic heterocycles. The summed E-state index contributed by atoms with van der Waals surface area (Å²) in [4.78, 5) is 125. The van der Waals surface area contributed by atoms with Crippen LogP contribution in [0.2, 0.25) is 0 Å². The van der Waals surface area contributed by atoms with E-state index in [-0.39, 0.29) is 38.8 Å². The van der Waals surface area contributed by atoms with Crippen LogP contribution >= 0.6 is 23.5 Å². The standard InChI is InChI=1S/C47H75N9O13S2/c1-8-25(2)35(51-40(61)31(19-23-71-7)49-43(64)36(26(3)57)52-39(60)30(48)18-22-70-6)42(63)54-38(28(5)59)46(67)56-21-13-17-34(56)45(66)55-20-12-16-33(55)41(62)53-37(27(4)58)44(65)50-32(47(68)69)24-29-14-10-9-11-15-29/h9-11,14-15,25-28,30-38,57-59H,8,12-13,16-24,48H2,1-7H3,(H,49,64)(H,50,65)(H,51,61)(H,52,60)(H,53,62)(H,54,63)(H,68,69)/t25-,26+,27+,28+,30-,31-,32-,33-,34-,35-,36-,37-,38-/m0/s1. The smallest absolute Gasteiger partial charge is 0.326 e. The van der Waals surface area contributed by atoms with E-state index < -0.39 is 132 Å². The van der Waals surface area contributed by atoms with Crippen molar-refractivity contribution in [3.05, 3.63) is 35.9 Å². The Hall–Kier alpha value is -5.01. The Morgan fingerprint density at radius 2 is 1.13 bits per heavy atom. The van der Waals surface area contributed by atoms with Crippen molar-refractivity contribution >= 4 is 76.8 Å². The number of benzene rings is 1. The summed E-state index contributed by atoms with van der Waals surface area (Å²) >= 11 is 2.87. The zero-order chi connectivity index (χ0) is 53.1. The summed E-state index contributed by atoms with van der Waals surface area (Å²) in [7, 11) is 0. The van der Waals surface area contributed by atoms with E-state index in [2.05, 4.69) is 31.9 Å². The first-order chi connectivity index (χ1) is 33.6. The van der Waals surface area contributed by atoms with Gasteiger partial charge in [-0.1, -0.05) is 50.6 Å². The summed E-state index contributed by atoms with van der Waals surface area (Å²) < 4.78 is 0. The van der Waals surface area contributed by atoms with Crippen molar-refractivity contribution in [1.82, 2.24) is 41.7 Å². The Labute approximate surface area is 423 Å². The van der Waals surface area contributed by atoms with Crippen molar-refractivity contribution < 1.29 is 63.6 Å². The number of nitrogens with two attached hydrogens (primary N) is 1. The van der Waals surface area contributed by atoms with Gasteiger partial charge in [-0.2, -0.15) is 23.5 Å². The van der Waals surface area contributed by atoms with Gasteiger partial charge >= 0.3 is 5.97 Å². The predicted octanol–water partition coefficient (Wildman–Crippen LogP) is -1.77. The van der Waals surface area contributed by atoms with E-state index in [9.17, 15) is 63.6 Å². The van der Waals surface area contributed by atoms with Crippen LogP contribution in [-0.4, -0.2) is 193 Å². The van der Waals surface area contributed by atoms with Gasteiger partial charge in [-0.15, -0.1) is 0 Å². The molecule has 8 amide bonds. The fourth-order valence-corrected chi connectivity index (χ4v) is 9.28. The number of thioether (sulfide) groups is 2. The zero-order valence-electron chi connectivity index (χ0n) is 41.6. The second-order valence-corrected chi connectivity index (χ2v) is 20.2. The summed E-state index contributed by atoms with van der Waals surface area (Å²) in [5.41, 5.74) is 6.61. The fraction of sp³-hybridized carbons (Fsp3) is 0.681. The Balaban J connectivity index is 1.76. The number of carboxylic acids is 1. The first-order valence-electron chi connectivity index (χ1n) is 24.1. The SMILES string of the molecule is CC[C@H](C)[C@H](NC(=O)[C@H](CCSC)NC(=O)[C@@H](NC(=O)[C@@H](N)CCSC)[C@@H](C)O)C(=O)N[C@H](C(=O)N1CCC[C@H]1C(=O)N1CCC[C@H]1C(=O)N[C@H](C(=O)N[C@@H](Cc1ccccc1)C(=O)O)[C@@H](C)O)[C@@H](C)O. The van der Waals surface area contributed by atoms with E-state index in [1.165, 1.54) is 54.1 Å². The fourth-order valence-electron chi connectivity index (χ4n) is 8.32. The molecule has 0 bridgehead atoms. The number of rotatable bonds is 28. The summed E-state index contributed by atoms with van der Waals surface area (Å²) in [6, 6.07) is -3.13. The third kappa shape index (κ3) is 17.6. The summed E-state index contributed by atoms with van der Waals surface area (Å²) in [6.07, 6.45) is 1.16. The topological polar surface area (TPSA) is 339 Å². The van der Waals surface area contributed by atoms with Crippen molar-refractivity contribution in [3.8, 4) is 0 Å². The number of hydrogen-bond donors (Lipinski definition) is 11. The molecule has 2 aliphatic rings. The highest BCUT2D eigenvalue weighted by atomic mass is 32.2. The first kappa shape index (κ1) is 60.3. The number of nitrogens with one attached hydrogen (secondary N) is 6. The van der Waals surface area contributed by atoms with Crippen LogP contribution in [0.15, 0.2) is 30.3 Å². The lowest BCUT2D eigenvalue weighted by Gasteiger charge is -2.34. The first-order valence-corrected chi connectivity index (χ1v) is 26.8. The van der Waals surface area contributed by atoms with Crippen molar-refractivity contribution in [3.63, 3.8) is 0 Å². The largest absolute Gasteiger partial charge is 0.480 e. The van der Waals surface area contributed by atoms with Gasteiger partial charge in [-0.3, -0.25) is 38.4 Å². The van der Waals surface area contributed by atoms with Crippen LogP contribution in [-0.2, 0) is 49.6 Å². The molecule has 2 fully saturated rings. The van der Waals surface area contributed by atoms with Crippen molar-refractivity contribution in [2.45, 2.75) is 159 Å². The molecule has 2 saturated heterocycles. The maximum absolute atomic E-state index is 14.3. The number of carboxylic acid groups (broad SMARTS) is 1. The molecule has 0 unspecified atom stereocenters. The minimum atomic E-state index is -1.59. The van der Waals surface area contributed by atoms with Gasteiger partial charge in [0.25, 0.3) is 0 Å². The molecular formula is C47H75N9O13S2. The van der Waals surface area contributed by atoms with Crippen LogP contribution in [0.1, 0.15) is 85.1 Å². The highest BCUT2D eigenvalue weighted by Crippen LogP contribution is 2.26. The lowest BCUT2D eigenvalue weighted by Crippen LogP contribution is -2.63. The Morgan fingerprint density at radius 3 is 1.68 bits per heavy atom. The summed E-state index contributed by atoms with van der Waals surface area (Å²) in [5.74, 6) is -7.11. The van der Waals surface area contributed by atoms with Gasteiger partial charge in [-0.05, 0) is 94.8 Å². The average Bonchev–Trinajstić information content (AvgIpc) is 4.04. The number of nitrogens with zero attached hydrogens (tertiary/aromatic N) is 2. The number of amides is 8. The molecule has 0 spiro atoms.